The van der Waals surface area contributed by atoms with Crippen molar-refractivity contribution >= 4 is 22.4 Å². The maximum Gasteiger partial charge on any atom is 0.225 e. The summed E-state index contributed by atoms with van der Waals surface area (Å²) >= 11 is 5.90. The van der Waals surface area contributed by atoms with Crippen molar-refractivity contribution < 1.29 is 4.21 Å². The van der Waals surface area contributed by atoms with Gasteiger partial charge in [0, 0.05) is 35.3 Å². The monoisotopic (exact) mass is 249 g/mol. The lowest BCUT2D eigenvalue weighted by molar-refractivity contribution is 0.599. The highest BCUT2D eigenvalue weighted by Crippen LogP contribution is 2.11. The Labute approximate surface area is 97.5 Å². The Morgan fingerprint density at radius 1 is 1.53 bits per heavy atom. The Bertz CT molecular complexity index is 353. The molecule has 15 heavy (non-hydrogen) atoms. The molecule has 0 fully saturated rings. The number of rotatable bonds is 5. The molecule has 2 unspecified atom stereocenters. The van der Waals surface area contributed by atoms with E-state index in [1.807, 2.05) is 18.4 Å². The fraction of sp³-hybridized carbons (Fsp3) is 0.778. The van der Waals surface area contributed by atoms with Crippen molar-refractivity contribution in [3.8, 4) is 0 Å². The standard InChI is InChI=1S/C9H16ClN3OS/c1-4-8-11-12-9(10)13(8)6-5-7(2)15(3)14/h7H,4-6H2,1-3H3. The molecule has 86 valence electrons. The van der Waals surface area contributed by atoms with Gasteiger partial charge in [-0.15, -0.1) is 10.2 Å². The Balaban J connectivity index is 2.64. The van der Waals surface area contributed by atoms with Gasteiger partial charge in [0.05, 0.1) is 0 Å². The highest BCUT2D eigenvalue weighted by molar-refractivity contribution is 7.84. The van der Waals surface area contributed by atoms with Crippen LogP contribution < -0.4 is 0 Å². The van der Waals surface area contributed by atoms with Gasteiger partial charge in [0.25, 0.3) is 0 Å². The first-order valence-corrected chi connectivity index (χ1v) is 6.96. The molecular weight excluding hydrogens is 234 g/mol. The second kappa shape index (κ2) is 5.61. The first-order valence-electron chi connectivity index (χ1n) is 4.96. The van der Waals surface area contributed by atoms with Crippen molar-refractivity contribution in [3.63, 3.8) is 0 Å². The molecule has 1 rings (SSSR count). The van der Waals surface area contributed by atoms with Crippen LogP contribution in [0.5, 0.6) is 0 Å². The summed E-state index contributed by atoms with van der Waals surface area (Å²) in [5, 5.41) is 8.37. The van der Waals surface area contributed by atoms with Crippen LogP contribution in [0.2, 0.25) is 5.28 Å². The van der Waals surface area contributed by atoms with Crippen molar-refractivity contribution in [1.29, 1.82) is 0 Å². The highest BCUT2D eigenvalue weighted by atomic mass is 35.5. The SMILES string of the molecule is CCc1nnc(Cl)n1CCC(C)S(C)=O. The van der Waals surface area contributed by atoms with Crippen molar-refractivity contribution in [2.45, 2.75) is 38.5 Å². The first-order chi connectivity index (χ1) is 7.06. The molecule has 6 heteroatoms. The van der Waals surface area contributed by atoms with Crippen LogP contribution in [-0.4, -0.2) is 30.5 Å². The van der Waals surface area contributed by atoms with Crippen LogP contribution in [-0.2, 0) is 23.8 Å². The van der Waals surface area contributed by atoms with Gasteiger partial charge < -0.3 is 4.57 Å². The second-order valence-electron chi connectivity index (χ2n) is 3.49. The molecule has 0 aliphatic heterocycles. The number of hydrogen-bond acceptors (Lipinski definition) is 3. The lowest BCUT2D eigenvalue weighted by Crippen LogP contribution is -2.14. The van der Waals surface area contributed by atoms with E-state index in [1.54, 1.807) is 6.26 Å². The van der Waals surface area contributed by atoms with E-state index in [9.17, 15) is 4.21 Å². The smallest absolute Gasteiger partial charge is 0.225 e. The fourth-order valence-corrected chi connectivity index (χ4v) is 1.93. The molecule has 0 aromatic carbocycles. The van der Waals surface area contributed by atoms with E-state index in [0.29, 0.717) is 5.28 Å². The van der Waals surface area contributed by atoms with Crippen LogP contribution in [0.1, 0.15) is 26.1 Å². The molecule has 0 aliphatic carbocycles. The maximum atomic E-state index is 11.2. The molecule has 2 atom stereocenters. The van der Waals surface area contributed by atoms with Gasteiger partial charge in [-0.25, -0.2) is 0 Å². The summed E-state index contributed by atoms with van der Waals surface area (Å²) in [6, 6.07) is 0. The number of halogens is 1. The molecule has 1 aromatic rings. The zero-order valence-corrected chi connectivity index (χ0v) is 10.8. The molecule has 0 saturated carbocycles. The molecule has 1 aromatic heterocycles. The van der Waals surface area contributed by atoms with Crippen LogP contribution in [0.3, 0.4) is 0 Å². The van der Waals surface area contributed by atoms with E-state index >= 15 is 0 Å². The van der Waals surface area contributed by atoms with Crippen LogP contribution in [0, 0.1) is 0 Å². The van der Waals surface area contributed by atoms with Gasteiger partial charge in [0.1, 0.15) is 5.82 Å². The Morgan fingerprint density at radius 3 is 2.73 bits per heavy atom. The molecule has 0 spiro atoms. The highest BCUT2D eigenvalue weighted by Gasteiger charge is 2.11. The number of aryl methyl sites for hydroxylation is 1. The third-order valence-electron chi connectivity index (χ3n) is 2.42. The Morgan fingerprint density at radius 2 is 2.20 bits per heavy atom. The number of aromatic nitrogens is 3. The summed E-state index contributed by atoms with van der Waals surface area (Å²) in [5.74, 6) is 0.883. The number of nitrogens with zero attached hydrogens (tertiary/aromatic N) is 3. The van der Waals surface area contributed by atoms with E-state index < -0.39 is 10.8 Å². The molecule has 0 radical (unpaired) electrons. The van der Waals surface area contributed by atoms with E-state index in [2.05, 4.69) is 10.2 Å². The predicted molar refractivity (Wildman–Crippen MR) is 62.6 cm³/mol. The van der Waals surface area contributed by atoms with Gasteiger partial charge in [-0.2, -0.15) is 0 Å². The minimum Gasteiger partial charge on any atom is -0.302 e. The van der Waals surface area contributed by atoms with Gasteiger partial charge in [0.15, 0.2) is 0 Å². The topological polar surface area (TPSA) is 47.8 Å². The summed E-state index contributed by atoms with van der Waals surface area (Å²) in [6.45, 7) is 4.72. The average Bonchev–Trinajstić information content (AvgIpc) is 2.55. The zero-order chi connectivity index (χ0) is 11.4. The fourth-order valence-electron chi connectivity index (χ4n) is 1.27. The van der Waals surface area contributed by atoms with Crippen LogP contribution >= 0.6 is 11.6 Å². The molecule has 0 N–H and O–H groups in total. The quantitative estimate of drug-likeness (QED) is 0.797. The summed E-state index contributed by atoms with van der Waals surface area (Å²) in [5.41, 5.74) is 0. The van der Waals surface area contributed by atoms with Gasteiger partial charge in [-0.3, -0.25) is 4.21 Å². The number of hydrogen-bond donors (Lipinski definition) is 0. The Kier molecular flexibility index (Phi) is 4.73. The zero-order valence-electron chi connectivity index (χ0n) is 9.23. The summed E-state index contributed by atoms with van der Waals surface area (Å²) < 4.78 is 13.1. The van der Waals surface area contributed by atoms with Gasteiger partial charge >= 0.3 is 0 Å². The van der Waals surface area contributed by atoms with E-state index in [4.69, 9.17) is 11.6 Å². The molecule has 4 nitrogen and oxygen atoms in total. The third-order valence-corrected chi connectivity index (χ3v) is 4.07. The van der Waals surface area contributed by atoms with Gasteiger partial charge in [0.2, 0.25) is 5.28 Å². The summed E-state index contributed by atoms with van der Waals surface area (Å²) in [6.07, 6.45) is 3.36. The summed E-state index contributed by atoms with van der Waals surface area (Å²) in [7, 11) is -0.784. The molecule has 0 bridgehead atoms. The first kappa shape index (κ1) is 12.6. The van der Waals surface area contributed by atoms with Crippen LogP contribution in [0.4, 0.5) is 0 Å². The summed E-state index contributed by atoms with van der Waals surface area (Å²) in [4.78, 5) is 0. The third kappa shape index (κ3) is 3.28. The normalized spacial score (nSPS) is 15.2. The molecular formula is C9H16ClN3OS. The molecule has 1 heterocycles. The predicted octanol–water partition coefficient (Wildman–Crippen LogP) is 1.65. The van der Waals surface area contributed by atoms with Crippen molar-refractivity contribution in [3.05, 3.63) is 11.1 Å². The lowest BCUT2D eigenvalue weighted by Gasteiger charge is -2.10. The van der Waals surface area contributed by atoms with Crippen LogP contribution in [0.15, 0.2) is 0 Å². The van der Waals surface area contributed by atoms with Crippen molar-refractivity contribution in [1.82, 2.24) is 14.8 Å². The van der Waals surface area contributed by atoms with Crippen LogP contribution in [0.25, 0.3) is 0 Å². The average molecular weight is 250 g/mol. The minimum absolute atomic E-state index is 0.174. The van der Waals surface area contributed by atoms with Gasteiger partial charge in [-0.05, 0) is 18.0 Å². The van der Waals surface area contributed by atoms with E-state index in [1.165, 1.54) is 0 Å². The maximum absolute atomic E-state index is 11.2. The minimum atomic E-state index is -0.784. The van der Waals surface area contributed by atoms with Gasteiger partial charge in [-0.1, -0.05) is 13.8 Å². The van der Waals surface area contributed by atoms with E-state index in [-0.39, 0.29) is 5.25 Å². The van der Waals surface area contributed by atoms with Crippen molar-refractivity contribution in [2.24, 2.45) is 0 Å². The Hall–Kier alpha value is -0.420. The largest absolute Gasteiger partial charge is 0.302 e. The van der Waals surface area contributed by atoms with Crippen molar-refractivity contribution in [2.75, 3.05) is 6.26 Å². The second-order valence-corrected chi connectivity index (χ2v) is 5.63. The van der Waals surface area contributed by atoms with E-state index in [0.717, 1.165) is 25.2 Å². The molecule has 0 amide bonds. The molecule has 0 saturated heterocycles. The lowest BCUT2D eigenvalue weighted by atomic mass is 10.3. The molecule has 0 aliphatic rings.